The van der Waals surface area contributed by atoms with Gasteiger partial charge in [-0.15, -0.1) is 0 Å². The molecule has 1 saturated carbocycles. The lowest BCUT2D eigenvalue weighted by Crippen LogP contribution is -2.20. The number of aromatic nitrogens is 2. The van der Waals surface area contributed by atoms with Crippen LogP contribution in [0.4, 0.5) is 5.69 Å². The van der Waals surface area contributed by atoms with Crippen molar-refractivity contribution in [1.29, 1.82) is 0 Å². The van der Waals surface area contributed by atoms with Gasteiger partial charge in [-0.25, -0.2) is 9.59 Å². The van der Waals surface area contributed by atoms with Crippen molar-refractivity contribution in [1.82, 2.24) is 9.55 Å². The molecule has 1 aliphatic heterocycles. The number of hydrogen-bond acceptors (Lipinski definition) is 4. The van der Waals surface area contributed by atoms with E-state index in [-0.39, 0.29) is 24.1 Å². The quantitative estimate of drug-likeness (QED) is 0.542. The van der Waals surface area contributed by atoms with Gasteiger partial charge < -0.3 is 15.0 Å². The molecule has 5 rings (SSSR count). The molecule has 0 unspecified atom stereocenters. The molecule has 142 valence electrons. The van der Waals surface area contributed by atoms with E-state index in [1.807, 2.05) is 4.57 Å². The Hall–Kier alpha value is -3.35. The average molecular weight is 377 g/mol. The maximum atomic E-state index is 12.6. The van der Waals surface area contributed by atoms with E-state index in [1.165, 1.54) is 0 Å². The van der Waals surface area contributed by atoms with Crippen molar-refractivity contribution in [2.75, 3.05) is 5.32 Å². The molecule has 1 amide bonds. The smallest absolute Gasteiger partial charge is 0.343 e. The van der Waals surface area contributed by atoms with E-state index in [9.17, 15) is 14.4 Å². The zero-order chi connectivity index (χ0) is 19.3. The molecule has 1 fully saturated rings. The highest BCUT2D eigenvalue weighted by molar-refractivity contribution is 5.99. The predicted molar refractivity (Wildman–Crippen MR) is 104 cm³/mol. The van der Waals surface area contributed by atoms with E-state index in [2.05, 4.69) is 10.3 Å². The molecule has 7 nitrogen and oxygen atoms in total. The van der Waals surface area contributed by atoms with Crippen LogP contribution in [0.2, 0.25) is 0 Å². The van der Waals surface area contributed by atoms with Crippen molar-refractivity contribution >= 4 is 28.6 Å². The lowest BCUT2D eigenvalue weighted by molar-refractivity contribution is -0.115. The van der Waals surface area contributed by atoms with Gasteiger partial charge in [-0.1, -0.05) is 12.8 Å². The summed E-state index contributed by atoms with van der Waals surface area (Å²) in [6.45, 7) is 0. The fraction of sp³-hybridized carbons (Fsp3) is 0.286. The van der Waals surface area contributed by atoms with E-state index in [0.29, 0.717) is 16.8 Å². The van der Waals surface area contributed by atoms with Crippen molar-refractivity contribution in [3.63, 3.8) is 0 Å². The van der Waals surface area contributed by atoms with Gasteiger partial charge in [-0.3, -0.25) is 9.36 Å². The fourth-order valence-electron chi connectivity index (χ4n) is 4.22. The largest absolute Gasteiger partial charge is 0.423 e. The average Bonchev–Trinajstić information content (AvgIpc) is 3.37. The summed E-state index contributed by atoms with van der Waals surface area (Å²) in [6, 6.07) is 10.4. The van der Waals surface area contributed by atoms with Crippen molar-refractivity contribution in [2.45, 2.75) is 38.1 Å². The zero-order valence-corrected chi connectivity index (χ0v) is 15.2. The molecule has 1 aromatic heterocycles. The van der Waals surface area contributed by atoms with Crippen LogP contribution in [0.1, 0.15) is 47.6 Å². The number of H-pyrrole nitrogens is 1. The second-order valence-electron chi connectivity index (χ2n) is 7.40. The van der Waals surface area contributed by atoms with Gasteiger partial charge in [0.2, 0.25) is 5.91 Å². The fourth-order valence-corrected chi connectivity index (χ4v) is 4.22. The van der Waals surface area contributed by atoms with Gasteiger partial charge in [0.1, 0.15) is 5.75 Å². The predicted octanol–water partition coefficient (Wildman–Crippen LogP) is 3.16. The number of fused-ring (bicyclic) bond motifs is 2. The third kappa shape index (κ3) is 2.79. The number of benzene rings is 2. The number of nitrogens with zero attached hydrogens (tertiary/aromatic N) is 1. The van der Waals surface area contributed by atoms with Crippen LogP contribution in [0, 0.1) is 0 Å². The summed E-state index contributed by atoms with van der Waals surface area (Å²) in [5, 5.41) is 2.74. The Balaban J connectivity index is 1.42. The summed E-state index contributed by atoms with van der Waals surface area (Å²) in [5.41, 5.74) is 3.23. The number of ether oxygens (including phenoxy) is 1. The molecule has 3 aromatic rings. The van der Waals surface area contributed by atoms with Crippen LogP contribution in [0.5, 0.6) is 5.75 Å². The Morgan fingerprint density at radius 1 is 1.07 bits per heavy atom. The van der Waals surface area contributed by atoms with Crippen molar-refractivity contribution in [2.24, 2.45) is 0 Å². The number of aromatic amines is 1. The lowest BCUT2D eigenvalue weighted by atomic mass is 10.1. The first-order valence-electron chi connectivity index (χ1n) is 9.48. The maximum Gasteiger partial charge on any atom is 0.343 e. The molecule has 2 aliphatic rings. The minimum Gasteiger partial charge on any atom is -0.423 e. The first-order valence-corrected chi connectivity index (χ1v) is 9.48. The molecular formula is C21H19N3O4. The molecule has 0 bridgehead atoms. The number of hydrogen-bond donors (Lipinski definition) is 2. The van der Waals surface area contributed by atoms with Crippen molar-refractivity contribution in [3.8, 4) is 5.75 Å². The summed E-state index contributed by atoms with van der Waals surface area (Å²) in [5.74, 6) is -0.189. The Morgan fingerprint density at radius 3 is 2.71 bits per heavy atom. The van der Waals surface area contributed by atoms with Gasteiger partial charge in [0, 0.05) is 11.7 Å². The Kier molecular flexibility index (Phi) is 3.82. The van der Waals surface area contributed by atoms with E-state index in [1.54, 1.807) is 36.4 Å². The Labute approximate surface area is 160 Å². The van der Waals surface area contributed by atoms with Crippen LogP contribution in [-0.4, -0.2) is 21.4 Å². The highest BCUT2D eigenvalue weighted by atomic mass is 16.5. The van der Waals surface area contributed by atoms with E-state index in [4.69, 9.17) is 4.74 Å². The van der Waals surface area contributed by atoms with Crippen LogP contribution < -0.4 is 15.7 Å². The van der Waals surface area contributed by atoms with E-state index in [0.717, 1.165) is 42.5 Å². The van der Waals surface area contributed by atoms with Crippen LogP contribution in [0.3, 0.4) is 0 Å². The number of anilines is 1. The van der Waals surface area contributed by atoms with E-state index >= 15 is 0 Å². The van der Waals surface area contributed by atoms with Gasteiger partial charge in [-0.2, -0.15) is 0 Å². The molecule has 7 heteroatoms. The topological polar surface area (TPSA) is 93.2 Å². The summed E-state index contributed by atoms with van der Waals surface area (Å²) < 4.78 is 7.28. The highest BCUT2D eigenvalue weighted by Crippen LogP contribution is 2.31. The number of carbonyl (C=O) groups excluding carboxylic acids is 2. The minimum absolute atomic E-state index is 0.0698. The summed E-state index contributed by atoms with van der Waals surface area (Å²) in [7, 11) is 0. The van der Waals surface area contributed by atoms with Crippen molar-refractivity contribution < 1.29 is 14.3 Å². The number of esters is 1. The second kappa shape index (κ2) is 6.37. The van der Waals surface area contributed by atoms with Crippen LogP contribution in [-0.2, 0) is 11.2 Å². The van der Waals surface area contributed by atoms with Crippen LogP contribution >= 0.6 is 0 Å². The first-order chi connectivity index (χ1) is 13.6. The Morgan fingerprint density at radius 2 is 1.89 bits per heavy atom. The summed E-state index contributed by atoms with van der Waals surface area (Å²) >= 11 is 0. The standard InChI is InChI=1S/C21H19N3O4/c25-19-11-13-9-15(6-7-16(13)22-19)28-20(26)12-5-8-18-17(10-12)23-21(27)24(18)14-3-1-2-4-14/h5-10,14H,1-4,11H2,(H,22,25)(H,23,27). The van der Waals surface area contributed by atoms with Crippen molar-refractivity contribution in [3.05, 3.63) is 58.0 Å². The number of rotatable bonds is 3. The number of nitrogens with one attached hydrogen (secondary N) is 2. The van der Waals surface area contributed by atoms with Crippen LogP contribution in [0.25, 0.3) is 11.0 Å². The monoisotopic (exact) mass is 377 g/mol. The molecule has 1 aliphatic carbocycles. The summed E-state index contributed by atoms with van der Waals surface area (Å²) in [6.07, 6.45) is 4.56. The molecule has 2 N–H and O–H groups in total. The van der Waals surface area contributed by atoms with Gasteiger partial charge >= 0.3 is 11.7 Å². The minimum atomic E-state index is -0.506. The van der Waals surface area contributed by atoms with Gasteiger partial charge in [0.25, 0.3) is 0 Å². The normalized spacial score (nSPS) is 16.4. The first kappa shape index (κ1) is 16.8. The SMILES string of the molecule is O=C1Cc2cc(OC(=O)c3ccc4c(c3)[nH]c(=O)n4C3CCCC3)ccc2N1. The number of carbonyl (C=O) groups is 2. The van der Waals surface area contributed by atoms with E-state index < -0.39 is 5.97 Å². The molecule has 2 aromatic carbocycles. The molecule has 0 spiro atoms. The molecule has 0 saturated heterocycles. The maximum absolute atomic E-state index is 12.6. The molecule has 0 radical (unpaired) electrons. The number of amides is 1. The van der Waals surface area contributed by atoms with Gasteiger partial charge in [0.15, 0.2) is 0 Å². The molecule has 0 atom stereocenters. The highest BCUT2D eigenvalue weighted by Gasteiger charge is 2.22. The zero-order valence-electron chi connectivity index (χ0n) is 15.2. The van der Waals surface area contributed by atoms with Gasteiger partial charge in [-0.05, 0) is 54.8 Å². The lowest BCUT2D eigenvalue weighted by Gasteiger charge is -2.11. The summed E-state index contributed by atoms with van der Waals surface area (Å²) in [4.78, 5) is 39.3. The van der Waals surface area contributed by atoms with Crippen LogP contribution in [0.15, 0.2) is 41.2 Å². The number of imidazole rings is 1. The molecule has 2 heterocycles. The third-order valence-electron chi connectivity index (χ3n) is 5.55. The third-order valence-corrected chi connectivity index (χ3v) is 5.55. The Bertz CT molecular complexity index is 1170. The van der Waals surface area contributed by atoms with Gasteiger partial charge in [0.05, 0.1) is 23.0 Å². The molecular weight excluding hydrogens is 358 g/mol. The second-order valence-corrected chi connectivity index (χ2v) is 7.40. The molecule has 28 heavy (non-hydrogen) atoms.